The van der Waals surface area contributed by atoms with Crippen LogP contribution in [0.25, 0.3) is 0 Å². The van der Waals surface area contributed by atoms with Gasteiger partial charge >= 0.3 is 0 Å². The van der Waals surface area contributed by atoms with Crippen molar-refractivity contribution in [3.05, 3.63) is 0 Å². The average molecular weight is 421 g/mol. The van der Waals surface area contributed by atoms with Gasteiger partial charge in [-0.15, -0.1) is 0 Å². The molecular formula is C23H48O4S. The van der Waals surface area contributed by atoms with Crippen LogP contribution in [0.5, 0.6) is 0 Å². The molecule has 0 fully saturated rings. The van der Waals surface area contributed by atoms with Crippen LogP contribution in [-0.2, 0) is 10.1 Å². The van der Waals surface area contributed by atoms with Crippen molar-refractivity contribution in [2.75, 3.05) is 0 Å². The van der Waals surface area contributed by atoms with Crippen LogP contribution in [0.15, 0.2) is 0 Å². The van der Waals surface area contributed by atoms with Gasteiger partial charge in [-0.3, -0.25) is 4.55 Å². The summed E-state index contributed by atoms with van der Waals surface area (Å²) in [6, 6.07) is 0. The fraction of sp³-hybridized carbons (Fsp3) is 1.00. The third kappa shape index (κ3) is 19.2. The molecule has 0 amide bonds. The van der Waals surface area contributed by atoms with Crippen LogP contribution < -0.4 is 0 Å². The summed E-state index contributed by atoms with van der Waals surface area (Å²) in [5, 5.41) is 8.59. The largest absolute Gasteiger partial charge is 0.393 e. The zero-order valence-corrected chi connectivity index (χ0v) is 19.5. The van der Waals surface area contributed by atoms with Gasteiger partial charge in [0.1, 0.15) is 0 Å². The molecule has 0 aliphatic heterocycles. The Bertz CT molecular complexity index is 420. The Hall–Kier alpha value is -0.130. The molecule has 170 valence electrons. The summed E-state index contributed by atoms with van der Waals surface area (Å²) >= 11 is 0. The average Bonchev–Trinajstić information content (AvgIpc) is 2.62. The molecule has 0 saturated heterocycles. The monoisotopic (exact) mass is 420 g/mol. The maximum absolute atomic E-state index is 11.4. The van der Waals surface area contributed by atoms with Crippen LogP contribution in [0.1, 0.15) is 136 Å². The number of hydrogen-bond acceptors (Lipinski definition) is 3. The van der Waals surface area contributed by atoms with Crippen molar-refractivity contribution in [3.63, 3.8) is 0 Å². The molecule has 28 heavy (non-hydrogen) atoms. The van der Waals surface area contributed by atoms with Gasteiger partial charge in [-0.05, 0) is 26.2 Å². The zero-order chi connectivity index (χ0) is 21.1. The zero-order valence-electron chi connectivity index (χ0n) is 18.7. The Kier molecular flexibility index (Phi) is 18.8. The molecule has 0 bridgehead atoms. The molecule has 0 rings (SSSR count). The predicted molar refractivity (Wildman–Crippen MR) is 120 cm³/mol. The Labute approximate surface area is 175 Å². The molecule has 5 heteroatoms. The predicted octanol–water partition coefficient (Wildman–Crippen LogP) is 7.06. The summed E-state index contributed by atoms with van der Waals surface area (Å²) < 4.78 is 32.1. The Morgan fingerprint density at radius 1 is 0.607 bits per heavy atom. The molecule has 0 aliphatic rings. The highest BCUT2D eigenvalue weighted by molar-refractivity contribution is 7.86. The molecule has 0 aromatic carbocycles. The van der Waals surface area contributed by atoms with E-state index >= 15 is 0 Å². The van der Waals surface area contributed by atoms with Gasteiger partial charge in [0.2, 0.25) is 0 Å². The van der Waals surface area contributed by atoms with E-state index in [0.29, 0.717) is 19.3 Å². The van der Waals surface area contributed by atoms with Crippen LogP contribution in [-0.4, -0.2) is 29.4 Å². The van der Waals surface area contributed by atoms with Gasteiger partial charge in [-0.25, -0.2) is 0 Å². The molecule has 0 spiro atoms. The number of aliphatic hydroxyl groups excluding tert-OH is 1. The van der Waals surface area contributed by atoms with Crippen molar-refractivity contribution < 1.29 is 18.1 Å². The SMILES string of the molecule is CCCCCCCCCCCCCCCCCCC(CCC(C)O)S(=O)(=O)O. The lowest BCUT2D eigenvalue weighted by Crippen LogP contribution is -2.22. The molecule has 0 heterocycles. The molecule has 0 aliphatic carbocycles. The van der Waals surface area contributed by atoms with Crippen molar-refractivity contribution in [2.24, 2.45) is 0 Å². The van der Waals surface area contributed by atoms with Gasteiger partial charge in [0, 0.05) is 0 Å². The first-order valence-electron chi connectivity index (χ1n) is 12.0. The van der Waals surface area contributed by atoms with Gasteiger partial charge in [0.05, 0.1) is 11.4 Å². The summed E-state index contributed by atoms with van der Waals surface area (Å²) in [4.78, 5) is 0. The van der Waals surface area contributed by atoms with E-state index < -0.39 is 21.5 Å². The quantitative estimate of drug-likeness (QED) is 0.154. The second-order valence-electron chi connectivity index (χ2n) is 8.66. The first-order valence-corrected chi connectivity index (χ1v) is 13.5. The third-order valence-electron chi connectivity index (χ3n) is 5.71. The minimum Gasteiger partial charge on any atom is -0.393 e. The first kappa shape index (κ1) is 27.9. The highest BCUT2D eigenvalue weighted by atomic mass is 32.2. The maximum atomic E-state index is 11.4. The summed E-state index contributed by atoms with van der Waals surface area (Å²) in [5.41, 5.74) is 0. The summed E-state index contributed by atoms with van der Waals surface area (Å²) in [6.45, 7) is 3.91. The minimum atomic E-state index is -3.99. The Morgan fingerprint density at radius 2 is 0.964 bits per heavy atom. The highest BCUT2D eigenvalue weighted by Crippen LogP contribution is 2.18. The fourth-order valence-electron chi connectivity index (χ4n) is 3.79. The van der Waals surface area contributed by atoms with Gasteiger partial charge in [-0.2, -0.15) is 8.42 Å². The van der Waals surface area contributed by atoms with Crippen LogP contribution >= 0.6 is 0 Å². The lowest BCUT2D eigenvalue weighted by atomic mass is 10.0. The van der Waals surface area contributed by atoms with Gasteiger partial charge in [0.15, 0.2) is 0 Å². The Morgan fingerprint density at radius 3 is 1.29 bits per heavy atom. The fourth-order valence-corrected chi connectivity index (χ4v) is 4.69. The molecule has 4 nitrogen and oxygen atoms in total. The first-order chi connectivity index (χ1) is 13.4. The summed E-state index contributed by atoms with van der Waals surface area (Å²) in [6.07, 6.45) is 21.4. The maximum Gasteiger partial charge on any atom is 0.267 e. The van der Waals surface area contributed by atoms with Crippen molar-refractivity contribution in [3.8, 4) is 0 Å². The smallest absolute Gasteiger partial charge is 0.267 e. The molecule has 0 radical (unpaired) electrons. The summed E-state index contributed by atoms with van der Waals surface area (Å²) in [5.74, 6) is 0. The second kappa shape index (κ2) is 18.9. The van der Waals surface area contributed by atoms with Gasteiger partial charge < -0.3 is 5.11 Å². The van der Waals surface area contributed by atoms with E-state index in [1.165, 1.54) is 83.5 Å². The normalized spacial score (nSPS) is 14.3. The Balaban J connectivity index is 3.42. The van der Waals surface area contributed by atoms with Crippen molar-refractivity contribution in [1.29, 1.82) is 0 Å². The minimum absolute atomic E-state index is 0.342. The lowest BCUT2D eigenvalue weighted by Gasteiger charge is -2.14. The number of unbranched alkanes of at least 4 members (excludes halogenated alkanes) is 15. The van der Waals surface area contributed by atoms with E-state index in [4.69, 9.17) is 0 Å². The molecular weight excluding hydrogens is 372 g/mol. The van der Waals surface area contributed by atoms with Crippen molar-refractivity contribution >= 4 is 10.1 Å². The van der Waals surface area contributed by atoms with E-state index in [1.54, 1.807) is 6.92 Å². The van der Waals surface area contributed by atoms with Crippen LogP contribution in [0.3, 0.4) is 0 Å². The van der Waals surface area contributed by atoms with Crippen molar-refractivity contribution in [1.82, 2.24) is 0 Å². The molecule has 0 aromatic rings. The highest BCUT2D eigenvalue weighted by Gasteiger charge is 2.22. The second-order valence-corrected chi connectivity index (χ2v) is 10.4. The number of aliphatic hydroxyl groups is 1. The van der Waals surface area contributed by atoms with E-state index in [9.17, 15) is 18.1 Å². The molecule has 0 aromatic heterocycles. The molecule has 2 atom stereocenters. The third-order valence-corrected chi connectivity index (χ3v) is 7.02. The van der Waals surface area contributed by atoms with E-state index in [0.717, 1.165) is 19.3 Å². The standard InChI is InChI=1S/C23H48O4S/c1-3-4-5-6-7-8-9-10-11-12-13-14-15-16-17-18-19-23(28(25,26)27)21-20-22(2)24/h22-24H,3-21H2,1-2H3,(H,25,26,27). The lowest BCUT2D eigenvalue weighted by molar-refractivity contribution is 0.180. The molecule has 0 saturated carbocycles. The number of rotatable bonds is 21. The summed E-state index contributed by atoms with van der Waals surface area (Å²) in [7, 11) is -3.99. The van der Waals surface area contributed by atoms with Gasteiger partial charge in [-0.1, -0.05) is 110 Å². The van der Waals surface area contributed by atoms with Crippen LogP contribution in [0.2, 0.25) is 0 Å². The van der Waals surface area contributed by atoms with Crippen LogP contribution in [0, 0.1) is 0 Å². The van der Waals surface area contributed by atoms with Gasteiger partial charge in [0.25, 0.3) is 10.1 Å². The van der Waals surface area contributed by atoms with Crippen LogP contribution in [0.4, 0.5) is 0 Å². The molecule has 2 unspecified atom stereocenters. The number of hydrogen-bond donors (Lipinski definition) is 2. The molecule has 2 N–H and O–H groups in total. The van der Waals surface area contributed by atoms with E-state index in [1.807, 2.05) is 0 Å². The van der Waals surface area contributed by atoms with E-state index in [2.05, 4.69) is 6.92 Å². The van der Waals surface area contributed by atoms with Crippen molar-refractivity contribution in [2.45, 2.75) is 147 Å². The van der Waals surface area contributed by atoms with E-state index in [-0.39, 0.29) is 0 Å². The topological polar surface area (TPSA) is 74.6 Å².